The molecule has 1 aromatic rings. The monoisotopic (exact) mass is 265 g/mol. The van der Waals surface area contributed by atoms with E-state index in [0.29, 0.717) is 5.92 Å². The van der Waals surface area contributed by atoms with Gasteiger partial charge in [-0.25, -0.2) is 0 Å². The first-order chi connectivity index (χ1) is 9.19. The standard InChI is InChI=1S/C15H27N3O/c1-3-12-7-5-8-13(10-12)15-17-14(19-18-15)9-4-6-11(2)16/h11-13H,3-10,16H2,1-2H3. The van der Waals surface area contributed by atoms with Crippen LogP contribution < -0.4 is 5.73 Å². The lowest BCUT2D eigenvalue weighted by atomic mass is 9.80. The van der Waals surface area contributed by atoms with E-state index in [-0.39, 0.29) is 6.04 Å². The molecular weight excluding hydrogens is 238 g/mol. The van der Waals surface area contributed by atoms with Crippen molar-refractivity contribution >= 4 is 0 Å². The molecule has 1 aromatic heterocycles. The molecule has 2 N–H and O–H groups in total. The molecule has 0 aliphatic heterocycles. The Morgan fingerprint density at radius 2 is 2.26 bits per heavy atom. The second-order valence-corrected chi connectivity index (χ2v) is 6.05. The molecular formula is C15H27N3O. The molecule has 0 amide bonds. The molecule has 0 aromatic carbocycles. The van der Waals surface area contributed by atoms with E-state index < -0.39 is 0 Å². The lowest BCUT2D eigenvalue weighted by molar-refractivity contribution is 0.297. The summed E-state index contributed by atoms with van der Waals surface area (Å²) in [6.07, 6.45) is 9.29. The zero-order chi connectivity index (χ0) is 13.7. The molecule has 3 atom stereocenters. The first-order valence-electron chi connectivity index (χ1n) is 7.77. The van der Waals surface area contributed by atoms with Crippen LogP contribution in [0.4, 0.5) is 0 Å². The minimum Gasteiger partial charge on any atom is -0.339 e. The van der Waals surface area contributed by atoms with Crippen molar-refractivity contribution in [2.24, 2.45) is 11.7 Å². The number of nitrogens with two attached hydrogens (primary N) is 1. The number of aryl methyl sites for hydroxylation is 1. The normalized spacial score (nSPS) is 25.4. The molecule has 4 heteroatoms. The number of nitrogens with zero attached hydrogens (tertiary/aromatic N) is 2. The summed E-state index contributed by atoms with van der Waals surface area (Å²) in [5.74, 6) is 3.09. The topological polar surface area (TPSA) is 64.9 Å². The van der Waals surface area contributed by atoms with Crippen molar-refractivity contribution in [2.75, 3.05) is 0 Å². The third-order valence-electron chi connectivity index (χ3n) is 4.26. The summed E-state index contributed by atoms with van der Waals surface area (Å²) < 4.78 is 5.37. The van der Waals surface area contributed by atoms with E-state index in [0.717, 1.165) is 36.9 Å². The fourth-order valence-corrected chi connectivity index (χ4v) is 3.01. The van der Waals surface area contributed by atoms with Crippen molar-refractivity contribution in [3.05, 3.63) is 11.7 Å². The highest BCUT2D eigenvalue weighted by molar-refractivity contribution is 4.98. The molecule has 0 bridgehead atoms. The Bertz CT molecular complexity index is 375. The number of aromatic nitrogens is 2. The van der Waals surface area contributed by atoms with Gasteiger partial charge in [-0.05, 0) is 38.5 Å². The lowest BCUT2D eigenvalue weighted by Gasteiger charge is -2.26. The Morgan fingerprint density at radius 3 is 3.00 bits per heavy atom. The average Bonchev–Trinajstić information content (AvgIpc) is 2.87. The predicted molar refractivity (Wildman–Crippen MR) is 75.9 cm³/mol. The first-order valence-corrected chi connectivity index (χ1v) is 7.77. The highest BCUT2D eigenvalue weighted by Gasteiger charge is 2.25. The van der Waals surface area contributed by atoms with E-state index >= 15 is 0 Å². The first kappa shape index (κ1) is 14.5. The molecule has 1 saturated carbocycles. The maximum absolute atomic E-state index is 5.74. The van der Waals surface area contributed by atoms with E-state index in [9.17, 15) is 0 Å². The molecule has 19 heavy (non-hydrogen) atoms. The summed E-state index contributed by atoms with van der Waals surface area (Å²) in [4.78, 5) is 4.58. The van der Waals surface area contributed by atoms with Gasteiger partial charge in [-0.3, -0.25) is 0 Å². The van der Waals surface area contributed by atoms with Gasteiger partial charge in [0.05, 0.1) is 0 Å². The summed E-state index contributed by atoms with van der Waals surface area (Å²) in [6.45, 7) is 4.31. The van der Waals surface area contributed by atoms with Crippen LogP contribution in [0.3, 0.4) is 0 Å². The van der Waals surface area contributed by atoms with Gasteiger partial charge in [0.2, 0.25) is 5.89 Å². The molecule has 1 aliphatic rings. The third-order valence-corrected chi connectivity index (χ3v) is 4.26. The van der Waals surface area contributed by atoms with E-state index in [1.54, 1.807) is 0 Å². The van der Waals surface area contributed by atoms with Gasteiger partial charge in [0.25, 0.3) is 0 Å². The minimum absolute atomic E-state index is 0.256. The van der Waals surface area contributed by atoms with Crippen LogP contribution in [0.2, 0.25) is 0 Å². The zero-order valence-electron chi connectivity index (χ0n) is 12.3. The number of hydrogen-bond acceptors (Lipinski definition) is 4. The van der Waals surface area contributed by atoms with Gasteiger partial charge >= 0.3 is 0 Å². The third kappa shape index (κ3) is 4.30. The molecule has 1 heterocycles. The Morgan fingerprint density at radius 1 is 1.42 bits per heavy atom. The molecule has 1 aliphatic carbocycles. The molecule has 2 rings (SSSR count). The van der Waals surface area contributed by atoms with E-state index in [1.807, 2.05) is 6.92 Å². The van der Waals surface area contributed by atoms with Crippen molar-refractivity contribution in [3.63, 3.8) is 0 Å². The molecule has 1 fully saturated rings. The van der Waals surface area contributed by atoms with Crippen LogP contribution in [0, 0.1) is 5.92 Å². The van der Waals surface area contributed by atoms with Gasteiger partial charge in [0.15, 0.2) is 5.82 Å². The smallest absolute Gasteiger partial charge is 0.226 e. The second-order valence-electron chi connectivity index (χ2n) is 6.05. The lowest BCUT2D eigenvalue weighted by Crippen LogP contribution is -2.15. The van der Waals surface area contributed by atoms with Crippen LogP contribution in [0.25, 0.3) is 0 Å². The highest BCUT2D eigenvalue weighted by atomic mass is 16.5. The Kier molecular flexibility index (Phi) is 5.37. The van der Waals surface area contributed by atoms with Crippen molar-refractivity contribution in [3.8, 4) is 0 Å². The van der Waals surface area contributed by atoms with Gasteiger partial charge in [-0.2, -0.15) is 4.98 Å². The Balaban J connectivity index is 1.85. The number of rotatable bonds is 6. The SMILES string of the molecule is CCC1CCCC(c2noc(CCCC(C)N)n2)C1. The Hall–Kier alpha value is -0.900. The molecule has 0 spiro atoms. The van der Waals surface area contributed by atoms with E-state index in [4.69, 9.17) is 10.3 Å². The van der Waals surface area contributed by atoms with Crippen LogP contribution in [0.5, 0.6) is 0 Å². The minimum atomic E-state index is 0.256. The predicted octanol–water partition coefficient (Wildman–Crippen LogP) is 3.42. The van der Waals surface area contributed by atoms with Gasteiger partial charge in [0.1, 0.15) is 0 Å². The van der Waals surface area contributed by atoms with Gasteiger partial charge in [0, 0.05) is 18.4 Å². The molecule has 4 nitrogen and oxygen atoms in total. The maximum Gasteiger partial charge on any atom is 0.226 e. The summed E-state index contributed by atoms with van der Waals surface area (Å²) in [5, 5.41) is 4.19. The van der Waals surface area contributed by atoms with Crippen LogP contribution in [0.1, 0.15) is 76.4 Å². The van der Waals surface area contributed by atoms with Crippen molar-refractivity contribution < 1.29 is 4.52 Å². The zero-order valence-corrected chi connectivity index (χ0v) is 12.3. The van der Waals surface area contributed by atoms with Gasteiger partial charge in [-0.1, -0.05) is 31.3 Å². The summed E-state index contributed by atoms with van der Waals surface area (Å²) in [7, 11) is 0. The van der Waals surface area contributed by atoms with Crippen LogP contribution in [-0.2, 0) is 6.42 Å². The average molecular weight is 265 g/mol. The highest BCUT2D eigenvalue weighted by Crippen LogP contribution is 2.36. The molecule has 0 radical (unpaired) electrons. The van der Waals surface area contributed by atoms with Crippen LogP contribution in [0.15, 0.2) is 4.52 Å². The molecule has 108 valence electrons. The maximum atomic E-state index is 5.74. The van der Waals surface area contributed by atoms with Crippen LogP contribution in [-0.4, -0.2) is 16.2 Å². The largest absolute Gasteiger partial charge is 0.339 e. The molecule has 0 saturated heterocycles. The number of hydrogen-bond donors (Lipinski definition) is 1. The second kappa shape index (κ2) is 7.04. The fourth-order valence-electron chi connectivity index (χ4n) is 3.01. The van der Waals surface area contributed by atoms with E-state index in [1.165, 1.54) is 32.1 Å². The van der Waals surface area contributed by atoms with Gasteiger partial charge in [-0.15, -0.1) is 0 Å². The van der Waals surface area contributed by atoms with Gasteiger partial charge < -0.3 is 10.3 Å². The summed E-state index contributed by atoms with van der Waals surface area (Å²) >= 11 is 0. The van der Waals surface area contributed by atoms with E-state index in [2.05, 4.69) is 17.1 Å². The summed E-state index contributed by atoms with van der Waals surface area (Å²) in [6, 6.07) is 0.256. The van der Waals surface area contributed by atoms with Crippen LogP contribution >= 0.6 is 0 Å². The Labute approximate surface area is 116 Å². The van der Waals surface area contributed by atoms with Crippen molar-refractivity contribution in [1.29, 1.82) is 0 Å². The van der Waals surface area contributed by atoms with Crippen molar-refractivity contribution in [2.45, 2.75) is 77.2 Å². The molecule has 3 unspecified atom stereocenters. The quantitative estimate of drug-likeness (QED) is 0.856. The van der Waals surface area contributed by atoms with Crippen molar-refractivity contribution in [1.82, 2.24) is 10.1 Å². The fraction of sp³-hybridized carbons (Fsp3) is 0.867. The summed E-state index contributed by atoms with van der Waals surface area (Å²) in [5.41, 5.74) is 5.74.